The van der Waals surface area contributed by atoms with Gasteiger partial charge in [0.25, 0.3) is 0 Å². The quantitative estimate of drug-likeness (QED) is 0.309. The van der Waals surface area contributed by atoms with E-state index in [9.17, 15) is 0 Å². The van der Waals surface area contributed by atoms with E-state index in [0.717, 1.165) is 60.0 Å². The second-order valence-corrected chi connectivity index (χ2v) is 7.69. The van der Waals surface area contributed by atoms with Gasteiger partial charge in [0.15, 0.2) is 11.5 Å². The normalized spacial score (nSPS) is 15.2. The summed E-state index contributed by atoms with van der Waals surface area (Å²) in [5.41, 5.74) is 5.92. The van der Waals surface area contributed by atoms with E-state index in [-0.39, 0.29) is 0 Å². The molecule has 0 radical (unpaired) electrons. The van der Waals surface area contributed by atoms with Crippen LogP contribution in [0.2, 0.25) is 0 Å². The summed E-state index contributed by atoms with van der Waals surface area (Å²) in [4.78, 5) is 7.15. The van der Waals surface area contributed by atoms with Gasteiger partial charge in [-0.1, -0.05) is 11.2 Å². The number of nitrogens with zero attached hydrogens (tertiary/aromatic N) is 7. The number of aryl methyl sites for hydroxylation is 1. The Morgan fingerprint density at radius 1 is 1.13 bits per heavy atom. The van der Waals surface area contributed by atoms with Crippen LogP contribution in [0.5, 0.6) is 0 Å². The van der Waals surface area contributed by atoms with Crippen LogP contribution in [0.1, 0.15) is 29.7 Å². The Hall–Kier alpha value is -3.59. The third kappa shape index (κ3) is 3.68. The highest BCUT2D eigenvalue weighted by molar-refractivity contribution is 5.96. The van der Waals surface area contributed by atoms with Crippen molar-refractivity contribution in [1.82, 2.24) is 24.8 Å². The van der Waals surface area contributed by atoms with Gasteiger partial charge in [0.1, 0.15) is 11.4 Å². The Bertz CT molecular complexity index is 1290. The average molecular weight is 417 g/mol. The fourth-order valence-electron chi connectivity index (χ4n) is 3.92. The second-order valence-electron chi connectivity index (χ2n) is 7.69. The zero-order chi connectivity index (χ0) is 21.4. The molecule has 4 aromatic rings. The Morgan fingerprint density at radius 3 is 2.77 bits per heavy atom. The number of pyridine rings is 1. The van der Waals surface area contributed by atoms with Gasteiger partial charge < -0.3 is 14.8 Å². The van der Waals surface area contributed by atoms with Crippen LogP contribution in [0.4, 0.5) is 5.69 Å². The van der Waals surface area contributed by atoms with Gasteiger partial charge >= 0.3 is 0 Å². The van der Waals surface area contributed by atoms with E-state index < -0.39 is 0 Å². The topological polar surface area (TPSA) is 101 Å². The van der Waals surface area contributed by atoms with Crippen molar-refractivity contribution in [3.8, 4) is 0 Å². The monoisotopic (exact) mass is 417 g/mol. The van der Waals surface area contributed by atoms with Crippen LogP contribution >= 0.6 is 0 Å². The van der Waals surface area contributed by atoms with Crippen LogP contribution in [-0.2, 0) is 11.2 Å². The molecular formula is C22H23N7O2. The SMILES string of the molecule is CC(=NO)c1ccc2nnc(Cc3ccc4nc(C)c(N5CCOCC5)cc4c3)n2n1. The van der Waals surface area contributed by atoms with E-state index in [2.05, 4.69) is 50.5 Å². The molecule has 158 valence electrons. The largest absolute Gasteiger partial charge is 0.411 e. The first kappa shape index (κ1) is 19.4. The number of benzene rings is 1. The van der Waals surface area contributed by atoms with Gasteiger partial charge in [0, 0.05) is 24.9 Å². The number of fused-ring (bicyclic) bond motifs is 2. The van der Waals surface area contributed by atoms with Gasteiger partial charge in [0.2, 0.25) is 0 Å². The van der Waals surface area contributed by atoms with Crippen molar-refractivity contribution in [2.75, 3.05) is 31.2 Å². The molecule has 0 saturated carbocycles. The fourth-order valence-corrected chi connectivity index (χ4v) is 3.92. The molecule has 0 aliphatic carbocycles. The number of hydrogen-bond donors (Lipinski definition) is 1. The lowest BCUT2D eigenvalue weighted by Gasteiger charge is -2.30. The van der Waals surface area contributed by atoms with Crippen LogP contribution in [0.25, 0.3) is 16.6 Å². The predicted octanol–water partition coefficient (Wildman–Crippen LogP) is 2.61. The fraction of sp³-hybridized carbons (Fsp3) is 0.318. The minimum atomic E-state index is 0.435. The van der Waals surface area contributed by atoms with Crippen molar-refractivity contribution in [2.24, 2.45) is 5.16 Å². The average Bonchev–Trinajstić information content (AvgIpc) is 3.20. The van der Waals surface area contributed by atoms with Gasteiger partial charge in [-0.2, -0.15) is 9.61 Å². The van der Waals surface area contributed by atoms with E-state index in [1.54, 1.807) is 17.5 Å². The van der Waals surface area contributed by atoms with Crippen LogP contribution in [-0.4, -0.2) is 62.0 Å². The molecule has 31 heavy (non-hydrogen) atoms. The Labute approximate surface area is 179 Å². The second kappa shape index (κ2) is 7.92. The maximum Gasteiger partial charge on any atom is 0.177 e. The molecule has 0 amide bonds. The van der Waals surface area contributed by atoms with Gasteiger partial charge in [-0.25, -0.2) is 0 Å². The first-order chi connectivity index (χ1) is 15.1. The van der Waals surface area contributed by atoms with E-state index >= 15 is 0 Å². The third-order valence-electron chi connectivity index (χ3n) is 5.61. The molecule has 0 bridgehead atoms. The summed E-state index contributed by atoms with van der Waals surface area (Å²) in [6, 6.07) is 12.1. The van der Waals surface area contributed by atoms with Crippen LogP contribution in [0.15, 0.2) is 41.6 Å². The standard InChI is InChI=1S/C22H23N7O2/c1-14(27-30)18-5-6-21-24-25-22(29(21)26-18)12-16-3-4-19-17(11-16)13-20(15(2)23-19)28-7-9-31-10-8-28/h3-6,11,13,30H,7-10,12H2,1-2H3. The molecule has 3 aromatic heterocycles. The van der Waals surface area contributed by atoms with Crippen molar-refractivity contribution in [3.05, 3.63) is 59.2 Å². The van der Waals surface area contributed by atoms with Crippen molar-refractivity contribution < 1.29 is 9.94 Å². The molecular weight excluding hydrogens is 394 g/mol. The van der Waals surface area contributed by atoms with E-state index in [1.165, 1.54) is 0 Å². The number of ether oxygens (including phenoxy) is 1. The number of morpholine rings is 1. The van der Waals surface area contributed by atoms with Crippen molar-refractivity contribution in [3.63, 3.8) is 0 Å². The van der Waals surface area contributed by atoms with Gasteiger partial charge in [-0.05, 0) is 49.7 Å². The zero-order valence-electron chi connectivity index (χ0n) is 17.5. The van der Waals surface area contributed by atoms with Gasteiger partial charge in [-0.15, -0.1) is 10.2 Å². The highest BCUT2D eigenvalue weighted by Crippen LogP contribution is 2.26. The molecule has 4 heterocycles. The molecule has 1 aliphatic rings. The predicted molar refractivity (Wildman–Crippen MR) is 117 cm³/mol. The summed E-state index contributed by atoms with van der Waals surface area (Å²) < 4.78 is 7.18. The summed E-state index contributed by atoms with van der Waals surface area (Å²) in [5, 5.41) is 26.4. The van der Waals surface area contributed by atoms with E-state index in [0.29, 0.717) is 23.5 Å². The number of rotatable bonds is 4. The molecule has 9 heteroatoms. The first-order valence-corrected chi connectivity index (χ1v) is 10.3. The first-order valence-electron chi connectivity index (χ1n) is 10.3. The smallest absolute Gasteiger partial charge is 0.177 e. The Kier molecular flexibility index (Phi) is 4.95. The third-order valence-corrected chi connectivity index (χ3v) is 5.61. The van der Waals surface area contributed by atoms with Crippen LogP contribution in [0.3, 0.4) is 0 Å². The molecule has 0 unspecified atom stereocenters. The number of anilines is 1. The van der Waals surface area contributed by atoms with Gasteiger partial charge in [-0.3, -0.25) is 4.98 Å². The minimum absolute atomic E-state index is 0.435. The van der Waals surface area contributed by atoms with Crippen molar-refractivity contribution in [2.45, 2.75) is 20.3 Å². The van der Waals surface area contributed by atoms with E-state index in [4.69, 9.17) is 14.9 Å². The molecule has 5 rings (SSSR count). The highest BCUT2D eigenvalue weighted by atomic mass is 16.5. The number of aromatic nitrogens is 5. The molecule has 1 fully saturated rings. The minimum Gasteiger partial charge on any atom is -0.411 e. The summed E-state index contributed by atoms with van der Waals surface area (Å²) in [6.07, 6.45) is 0.573. The van der Waals surface area contributed by atoms with Crippen molar-refractivity contribution in [1.29, 1.82) is 0 Å². The lowest BCUT2D eigenvalue weighted by Crippen LogP contribution is -2.36. The maximum absolute atomic E-state index is 9.04. The molecule has 9 nitrogen and oxygen atoms in total. The number of oxime groups is 1. The molecule has 1 saturated heterocycles. The van der Waals surface area contributed by atoms with Crippen LogP contribution in [0, 0.1) is 6.92 Å². The Morgan fingerprint density at radius 2 is 1.97 bits per heavy atom. The summed E-state index contributed by atoms with van der Waals surface area (Å²) in [6.45, 7) is 7.00. The molecule has 1 N–H and O–H groups in total. The van der Waals surface area contributed by atoms with E-state index in [1.807, 2.05) is 12.1 Å². The van der Waals surface area contributed by atoms with Crippen molar-refractivity contribution >= 4 is 27.9 Å². The van der Waals surface area contributed by atoms with Gasteiger partial charge in [0.05, 0.1) is 30.1 Å². The summed E-state index contributed by atoms with van der Waals surface area (Å²) in [5.74, 6) is 0.718. The zero-order valence-corrected chi connectivity index (χ0v) is 17.5. The molecule has 1 aliphatic heterocycles. The number of hydrogen-bond acceptors (Lipinski definition) is 8. The summed E-state index contributed by atoms with van der Waals surface area (Å²) >= 11 is 0. The lowest BCUT2D eigenvalue weighted by atomic mass is 10.1. The molecule has 0 spiro atoms. The molecule has 0 atom stereocenters. The molecule has 1 aromatic carbocycles. The lowest BCUT2D eigenvalue weighted by molar-refractivity contribution is 0.122. The summed E-state index contributed by atoms with van der Waals surface area (Å²) in [7, 11) is 0. The maximum atomic E-state index is 9.04. The highest BCUT2D eigenvalue weighted by Gasteiger charge is 2.16. The Balaban J connectivity index is 1.50. The van der Waals surface area contributed by atoms with Crippen LogP contribution < -0.4 is 4.90 Å².